The molecule has 2 saturated heterocycles. The van der Waals surface area contributed by atoms with E-state index in [1.165, 1.54) is 31.8 Å². The van der Waals surface area contributed by atoms with Gasteiger partial charge >= 0.3 is 0 Å². The fourth-order valence-electron chi connectivity index (χ4n) is 2.93. The summed E-state index contributed by atoms with van der Waals surface area (Å²) < 4.78 is 5.72. The first-order valence-electron chi connectivity index (χ1n) is 7.55. The Hall–Kier alpha value is 0.230. The van der Waals surface area contributed by atoms with Crippen molar-refractivity contribution >= 4 is 11.8 Å². The number of thioether (sulfide) groups is 1. The molecule has 0 aromatic rings. The van der Waals surface area contributed by atoms with Crippen molar-refractivity contribution in [1.29, 1.82) is 0 Å². The van der Waals surface area contributed by atoms with Crippen molar-refractivity contribution in [2.24, 2.45) is 5.41 Å². The van der Waals surface area contributed by atoms with Crippen molar-refractivity contribution in [3.8, 4) is 0 Å². The molecule has 4 heteroatoms. The predicted molar refractivity (Wildman–Crippen MR) is 84.0 cm³/mol. The van der Waals surface area contributed by atoms with E-state index in [-0.39, 0.29) is 5.54 Å². The third-order valence-electron chi connectivity index (χ3n) is 4.06. The molecule has 1 N–H and O–H groups in total. The van der Waals surface area contributed by atoms with Crippen molar-refractivity contribution < 1.29 is 4.74 Å². The van der Waals surface area contributed by atoms with Gasteiger partial charge in [-0.1, -0.05) is 6.92 Å². The second-order valence-electron chi connectivity index (χ2n) is 7.32. The number of rotatable bonds is 4. The van der Waals surface area contributed by atoms with Crippen LogP contribution >= 0.6 is 11.8 Å². The van der Waals surface area contributed by atoms with Gasteiger partial charge in [0.1, 0.15) is 0 Å². The minimum absolute atomic E-state index is 0.195. The number of hydrogen-bond donors (Lipinski definition) is 1. The molecule has 2 rings (SSSR count). The molecule has 0 amide bonds. The summed E-state index contributed by atoms with van der Waals surface area (Å²) in [6, 6.07) is 0. The minimum atomic E-state index is 0.195. The Balaban J connectivity index is 1.91. The molecular weight excluding hydrogens is 256 g/mol. The quantitative estimate of drug-likeness (QED) is 0.856. The lowest BCUT2D eigenvalue weighted by molar-refractivity contribution is 0.104. The van der Waals surface area contributed by atoms with Gasteiger partial charge in [-0.05, 0) is 27.2 Å². The average molecular weight is 286 g/mol. The highest BCUT2D eigenvalue weighted by atomic mass is 32.2. The van der Waals surface area contributed by atoms with Gasteiger partial charge in [0.05, 0.1) is 6.61 Å². The Morgan fingerprint density at radius 3 is 2.79 bits per heavy atom. The molecule has 2 heterocycles. The number of hydrogen-bond acceptors (Lipinski definition) is 4. The van der Waals surface area contributed by atoms with E-state index in [0.717, 1.165) is 25.0 Å². The van der Waals surface area contributed by atoms with E-state index in [4.69, 9.17) is 4.74 Å². The van der Waals surface area contributed by atoms with Crippen LogP contribution in [-0.2, 0) is 4.74 Å². The maximum atomic E-state index is 5.72. The molecule has 3 nitrogen and oxygen atoms in total. The van der Waals surface area contributed by atoms with Gasteiger partial charge in [-0.2, -0.15) is 11.8 Å². The summed E-state index contributed by atoms with van der Waals surface area (Å²) in [5, 5.41) is 4.47. The zero-order chi connectivity index (χ0) is 13.9. The maximum Gasteiger partial charge on any atom is 0.0547 e. The molecule has 2 aliphatic rings. The van der Waals surface area contributed by atoms with Gasteiger partial charge in [-0.3, -0.25) is 0 Å². The van der Waals surface area contributed by atoms with Crippen molar-refractivity contribution in [3.05, 3.63) is 0 Å². The molecule has 0 aromatic carbocycles. The van der Waals surface area contributed by atoms with Crippen molar-refractivity contribution in [2.75, 3.05) is 45.1 Å². The van der Waals surface area contributed by atoms with E-state index < -0.39 is 0 Å². The van der Waals surface area contributed by atoms with Crippen LogP contribution in [0.4, 0.5) is 0 Å². The topological polar surface area (TPSA) is 24.5 Å². The van der Waals surface area contributed by atoms with Crippen molar-refractivity contribution in [3.63, 3.8) is 0 Å². The minimum Gasteiger partial charge on any atom is -0.381 e. The summed E-state index contributed by atoms with van der Waals surface area (Å²) in [4.78, 5) is 2.65. The number of nitrogens with one attached hydrogen (secondary N) is 1. The summed E-state index contributed by atoms with van der Waals surface area (Å²) in [6.45, 7) is 15.7. The summed E-state index contributed by atoms with van der Waals surface area (Å²) >= 11 is 2.11. The van der Waals surface area contributed by atoms with Gasteiger partial charge in [-0.25, -0.2) is 0 Å². The largest absolute Gasteiger partial charge is 0.381 e. The molecule has 2 aliphatic heterocycles. The van der Waals surface area contributed by atoms with E-state index in [1.807, 2.05) is 0 Å². The van der Waals surface area contributed by atoms with Crippen LogP contribution in [-0.4, -0.2) is 60.8 Å². The highest BCUT2D eigenvalue weighted by Crippen LogP contribution is 2.31. The van der Waals surface area contributed by atoms with Crippen LogP contribution in [0.5, 0.6) is 0 Å². The van der Waals surface area contributed by atoms with Gasteiger partial charge in [0.15, 0.2) is 0 Å². The maximum absolute atomic E-state index is 5.72. The van der Waals surface area contributed by atoms with Crippen LogP contribution in [0.15, 0.2) is 0 Å². The molecule has 2 unspecified atom stereocenters. The Bertz CT molecular complexity index is 284. The standard InChI is InChI=1S/C15H30N2OS/c1-13-9-17(6-8-19-13)11-15(5-7-18-12-15)10-16-14(2,3)4/h13,16H,5-12H2,1-4H3. The molecule has 0 bridgehead atoms. The first kappa shape index (κ1) is 15.6. The van der Waals surface area contributed by atoms with E-state index in [9.17, 15) is 0 Å². The second kappa shape index (κ2) is 6.33. The zero-order valence-corrected chi connectivity index (χ0v) is 13.8. The van der Waals surface area contributed by atoms with Crippen LogP contribution in [0.3, 0.4) is 0 Å². The number of nitrogens with zero attached hydrogens (tertiary/aromatic N) is 1. The monoisotopic (exact) mass is 286 g/mol. The van der Waals surface area contributed by atoms with E-state index in [2.05, 4.69) is 49.7 Å². The second-order valence-corrected chi connectivity index (χ2v) is 8.87. The van der Waals surface area contributed by atoms with Gasteiger partial charge in [0, 0.05) is 54.7 Å². The average Bonchev–Trinajstić information content (AvgIpc) is 2.75. The Morgan fingerprint density at radius 2 is 2.21 bits per heavy atom. The SMILES string of the molecule is CC1CN(CC2(CNC(C)(C)C)CCOC2)CCS1. The highest BCUT2D eigenvalue weighted by molar-refractivity contribution is 7.99. The highest BCUT2D eigenvalue weighted by Gasteiger charge is 2.38. The molecule has 2 atom stereocenters. The van der Waals surface area contributed by atoms with Crippen LogP contribution < -0.4 is 5.32 Å². The van der Waals surface area contributed by atoms with E-state index >= 15 is 0 Å². The molecule has 0 spiro atoms. The lowest BCUT2D eigenvalue weighted by atomic mass is 9.85. The Labute approximate surface area is 122 Å². The fraction of sp³-hybridized carbons (Fsp3) is 1.00. The molecule has 0 saturated carbocycles. The van der Waals surface area contributed by atoms with Crippen molar-refractivity contribution in [2.45, 2.75) is 44.9 Å². The van der Waals surface area contributed by atoms with Gasteiger partial charge in [0.2, 0.25) is 0 Å². The lowest BCUT2D eigenvalue weighted by Gasteiger charge is -2.39. The predicted octanol–water partition coefficient (Wildman–Crippen LogP) is 2.22. The molecule has 19 heavy (non-hydrogen) atoms. The fourth-order valence-corrected chi connectivity index (χ4v) is 4.01. The number of ether oxygens (including phenoxy) is 1. The molecule has 0 radical (unpaired) electrons. The molecule has 112 valence electrons. The lowest BCUT2D eigenvalue weighted by Crippen LogP contribution is -2.51. The third kappa shape index (κ3) is 4.92. The normalized spacial score (nSPS) is 33.8. The molecule has 0 aromatic heterocycles. The van der Waals surface area contributed by atoms with Gasteiger partial charge in [-0.15, -0.1) is 0 Å². The Morgan fingerprint density at radius 1 is 1.42 bits per heavy atom. The van der Waals surface area contributed by atoms with Gasteiger partial charge in [0.25, 0.3) is 0 Å². The summed E-state index contributed by atoms with van der Waals surface area (Å²) in [5.41, 5.74) is 0.523. The van der Waals surface area contributed by atoms with E-state index in [0.29, 0.717) is 5.41 Å². The first-order valence-corrected chi connectivity index (χ1v) is 8.60. The molecule has 0 aliphatic carbocycles. The molecular formula is C15H30N2OS. The zero-order valence-electron chi connectivity index (χ0n) is 13.0. The summed E-state index contributed by atoms with van der Waals surface area (Å²) in [6.07, 6.45) is 1.20. The van der Waals surface area contributed by atoms with Crippen LogP contribution in [0.1, 0.15) is 34.1 Å². The van der Waals surface area contributed by atoms with Crippen LogP contribution in [0, 0.1) is 5.41 Å². The smallest absolute Gasteiger partial charge is 0.0547 e. The Kier molecular flexibility index (Phi) is 5.21. The third-order valence-corrected chi connectivity index (χ3v) is 5.20. The molecule has 2 fully saturated rings. The summed E-state index contributed by atoms with van der Waals surface area (Å²) in [7, 11) is 0. The van der Waals surface area contributed by atoms with E-state index in [1.54, 1.807) is 0 Å². The first-order chi connectivity index (χ1) is 8.89. The van der Waals surface area contributed by atoms with Crippen molar-refractivity contribution in [1.82, 2.24) is 10.2 Å². The summed E-state index contributed by atoms with van der Waals surface area (Å²) in [5.74, 6) is 1.28. The van der Waals surface area contributed by atoms with Crippen LogP contribution in [0.25, 0.3) is 0 Å². The van der Waals surface area contributed by atoms with Gasteiger partial charge < -0.3 is 15.0 Å². The van der Waals surface area contributed by atoms with Crippen LogP contribution in [0.2, 0.25) is 0 Å².